The minimum absolute atomic E-state index is 0.0418. The van der Waals surface area contributed by atoms with Crippen molar-refractivity contribution in [2.45, 2.75) is 122 Å². The second kappa shape index (κ2) is 17.5. The molecule has 0 spiro atoms. The predicted octanol–water partition coefficient (Wildman–Crippen LogP) is 6.78. The van der Waals surface area contributed by atoms with Crippen molar-refractivity contribution in [3.63, 3.8) is 0 Å². The lowest BCUT2D eigenvalue weighted by Crippen LogP contribution is -2.27. The first kappa shape index (κ1) is 24.5. The molecular formula is C24H47NO2. The lowest BCUT2D eigenvalue weighted by molar-refractivity contribution is -0.150. The molecule has 0 aromatic carbocycles. The van der Waals surface area contributed by atoms with E-state index in [-0.39, 0.29) is 11.9 Å². The van der Waals surface area contributed by atoms with Crippen LogP contribution in [-0.2, 0) is 9.53 Å². The second-order valence-electron chi connectivity index (χ2n) is 8.72. The van der Waals surface area contributed by atoms with Gasteiger partial charge in [-0.05, 0) is 44.6 Å². The fourth-order valence-corrected chi connectivity index (χ4v) is 4.22. The Morgan fingerprint density at radius 1 is 0.741 bits per heavy atom. The van der Waals surface area contributed by atoms with Gasteiger partial charge in [-0.3, -0.25) is 4.79 Å². The van der Waals surface area contributed by atoms with Gasteiger partial charge in [0.2, 0.25) is 0 Å². The maximum absolute atomic E-state index is 12.1. The Bertz CT molecular complexity index is 337. The monoisotopic (exact) mass is 381 g/mol. The average Bonchev–Trinajstić information content (AvgIpc) is 2.70. The van der Waals surface area contributed by atoms with Crippen molar-refractivity contribution in [3.8, 4) is 0 Å². The second-order valence-corrected chi connectivity index (χ2v) is 8.72. The molecule has 2 N–H and O–H groups in total. The molecule has 1 rings (SSSR count). The highest BCUT2D eigenvalue weighted by Crippen LogP contribution is 2.28. The fraction of sp³-hybridized carbons (Fsp3) is 0.958. The van der Waals surface area contributed by atoms with Crippen molar-refractivity contribution < 1.29 is 9.53 Å². The Morgan fingerprint density at radius 2 is 1.19 bits per heavy atom. The molecule has 1 saturated carbocycles. The molecule has 0 amide bonds. The third-order valence-electron chi connectivity index (χ3n) is 6.26. The summed E-state index contributed by atoms with van der Waals surface area (Å²) in [7, 11) is 0. The third kappa shape index (κ3) is 13.3. The minimum Gasteiger partial charge on any atom is -0.465 e. The van der Waals surface area contributed by atoms with Crippen LogP contribution in [-0.4, -0.2) is 19.1 Å². The molecule has 1 aliphatic rings. The van der Waals surface area contributed by atoms with Crippen molar-refractivity contribution in [2.24, 2.45) is 17.6 Å². The van der Waals surface area contributed by atoms with Crippen LogP contribution in [0.4, 0.5) is 0 Å². The number of ether oxygens (including phenoxy) is 1. The van der Waals surface area contributed by atoms with E-state index in [4.69, 9.17) is 10.5 Å². The molecule has 0 heterocycles. The van der Waals surface area contributed by atoms with Gasteiger partial charge in [-0.15, -0.1) is 0 Å². The standard InChI is InChI=1S/C24H47NO2/c1-2-3-4-5-6-7-8-9-10-11-12-13-14-15-20-27-24(26)23-18-16-22(21-25)17-19-23/h22-23H,2-21,25H2,1H3/t22-,23-. The van der Waals surface area contributed by atoms with E-state index >= 15 is 0 Å². The van der Waals surface area contributed by atoms with Gasteiger partial charge >= 0.3 is 5.97 Å². The van der Waals surface area contributed by atoms with Crippen LogP contribution in [0.1, 0.15) is 122 Å². The minimum atomic E-state index is 0.0418. The first-order valence-electron chi connectivity index (χ1n) is 12.1. The Morgan fingerprint density at radius 3 is 1.63 bits per heavy atom. The normalized spacial score (nSPS) is 19.9. The van der Waals surface area contributed by atoms with Crippen LogP contribution in [0.25, 0.3) is 0 Å². The lowest BCUT2D eigenvalue weighted by atomic mass is 9.82. The zero-order valence-electron chi connectivity index (χ0n) is 18.2. The Hall–Kier alpha value is -0.570. The van der Waals surface area contributed by atoms with Gasteiger partial charge in [-0.1, -0.05) is 90.4 Å². The molecule has 0 unspecified atom stereocenters. The van der Waals surface area contributed by atoms with E-state index in [0.29, 0.717) is 12.5 Å². The number of rotatable bonds is 17. The van der Waals surface area contributed by atoms with E-state index in [9.17, 15) is 4.79 Å². The van der Waals surface area contributed by atoms with Gasteiger partial charge in [0.25, 0.3) is 0 Å². The van der Waals surface area contributed by atoms with Crippen LogP contribution in [0.2, 0.25) is 0 Å². The molecule has 1 fully saturated rings. The zero-order valence-corrected chi connectivity index (χ0v) is 18.2. The van der Waals surface area contributed by atoms with Gasteiger partial charge in [-0.25, -0.2) is 0 Å². The molecule has 1 aliphatic carbocycles. The number of unbranched alkanes of at least 4 members (excludes halogenated alkanes) is 13. The summed E-state index contributed by atoms with van der Waals surface area (Å²) in [5, 5.41) is 0. The summed E-state index contributed by atoms with van der Waals surface area (Å²) in [5.41, 5.74) is 5.71. The van der Waals surface area contributed by atoms with Crippen LogP contribution in [0.3, 0.4) is 0 Å². The lowest BCUT2D eigenvalue weighted by Gasteiger charge is -2.26. The summed E-state index contributed by atoms with van der Waals surface area (Å²) in [6.45, 7) is 3.66. The molecule has 0 aromatic heterocycles. The maximum atomic E-state index is 12.1. The van der Waals surface area contributed by atoms with Crippen LogP contribution in [0.15, 0.2) is 0 Å². The summed E-state index contributed by atoms with van der Waals surface area (Å²) in [4.78, 5) is 12.1. The first-order chi connectivity index (χ1) is 13.3. The van der Waals surface area contributed by atoms with Crippen molar-refractivity contribution in [3.05, 3.63) is 0 Å². The number of nitrogens with two attached hydrogens (primary N) is 1. The first-order valence-corrected chi connectivity index (χ1v) is 12.1. The number of carbonyl (C=O) groups excluding carboxylic acids is 1. The van der Waals surface area contributed by atoms with Crippen LogP contribution >= 0.6 is 0 Å². The largest absolute Gasteiger partial charge is 0.465 e. The quantitative estimate of drug-likeness (QED) is 0.223. The van der Waals surface area contributed by atoms with Crippen LogP contribution in [0.5, 0.6) is 0 Å². The number of hydrogen-bond acceptors (Lipinski definition) is 3. The molecule has 160 valence electrons. The number of hydrogen-bond donors (Lipinski definition) is 1. The van der Waals surface area contributed by atoms with Gasteiger partial charge in [-0.2, -0.15) is 0 Å². The van der Waals surface area contributed by atoms with E-state index in [1.165, 1.54) is 83.5 Å². The topological polar surface area (TPSA) is 52.3 Å². The molecule has 3 nitrogen and oxygen atoms in total. The highest BCUT2D eigenvalue weighted by Gasteiger charge is 2.26. The SMILES string of the molecule is CCCCCCCCCCCCCCCCOC(=O)[C@H]1CC[C@H](CN)CC1. The molecule has 3 heteroatoms. The Labute approximate surface area is 169 Å². The molecule has 0 radical (unpaired) electrons. The van der Waals surface area contributed by atoms with E-state index in [1.54, 1.807) is 0 Å². The number of esters is 1. The molecular weight excluding hydrogens is 334 g/mol. The van der Waals surface area contributed by atoms with E-state index in [0.717, 1.165) is 38.6 Å². The smallest absolute Gasteiger partial charge is 0.308 e. The highest BCUT2D eigenvalue weighted by molar-refractivity contribution is 5.72. The van der Waals surface area contributed by atoms with Crippen LogP contribution in [0, 0.1) is 11.8 Å². The third-order valence-corrected chi connectivity index (χ3v) is 6.26. The number of carbonyl (C=O) groups is 1. The average molecular weight is 382 g/mol. The summed E-state index contributed by atoms with van der Waals surface area (Å²) in [5.74, 6) is 0.805. The van der Waals surface area contributed by atoms with E-state index in [1.807, 2.05) is 0 Å². The van der Waals surface area contributed by atoms with Gasteiger partial charge in [0, 0.05) is 0 Å². The fourth-order valence-electron chi connectivity index (χ4n) is 4.22. The van der Waals surface area contributed by atoms with E-state index in [2.05, 4.69) is 6.92 Å². The predicted molar refractivity (Wildman–Crippen MR) is 116 cm³/mol. The van der Waals surface area contributed by atoms with E-state index < -0.39 is 0 Å². The molecule has 27 heavy (non-hydrogen) atoms. The Balaban J connectivity index is 1.78. The highest BCUT2D eigenvalue weighted by atomic mass is 16.5. The summed E-state index contributed by atoms with van der Waals surface area (Å²) in [6, 6.07) is 0. The van der Waals surface area contributed by atoms with Crippen molar-refractivity contribution in [1.82, 2.24) is 0 Å². The Kier molecular flexibility index (Phi) is 15.9. The van der Waals surface area contributed by atoms with Crippen molar-refractivity contribution in [2.75, 3.05) is 13.2 Å². The summed E-state index contributed by atoms with van der Waals surface area (Å²) >= 11 is 0. The molecule has 0 aromatic rings. The van der Waals surface area contributed by atoms with Gasteiger partial charge < -0.3 is 10.5 Å². The molecule has 0 atom stereocenters. The van der Waals surface area contributed by atoms with Gasteiger partial charge in [0.1, 0.15) is 0 Å². The maximum Gasteiger partial charge on any atom is 0.308 e. The zero-order chi connectivity index (χ0) is 19.6. The van der Waals surface area contributed by atoms with Crippen LogP contribution < -0.4 is 5.73 Å². The van der Waals surface area contributed by atoms with Gasteiger partial charge in [0.15, 0.2) is 0 Å². The summed E-state index contributed by atoms with van der Waals surface area (Å²) in [6.07, 6.45) is 23.1. The van der Waals surface area contributed by atoms with Crippen molar-refractivity contribution >= 4 is 5.97 Å². The molecule has 0 saturated heterocycles. The molecule has 0 bridgehead atoms. The molecule has 0 aliphatic heterocycles. The van der Waals surface area contributed by atoms with Gasteiger partial charge in [0.05, 0.1) is 12.5 Å². The van der Waals surface area contributed by atoms with Crippen molar-refractivity contribution in [1.29, 1.82) is 0 Å². The summed E-state index contributed by atoms with van der Waals surface area (Å²) < 4.78 is 5.49.